The van der Waals surface area contributed by atoms with Crippen LogP contribution in [0.5, 0.6) is 0 Å². The number of amides is 2. The van der Waals surface area contributed by atoms with E-state index in [0.29, 0.717) is 22.0 Å². The molecule has 0 N–H and O–H groups in total. The fourth-order valence-corrected chi connectivity index (χ4v) is 4.00. The van der Waals surface area contributed by atoms with Gasteiger partial charge >= 0.3 is 0 Å². The third kappa shape index (κ3) is 3.32. The van der Waals surface area contributed by atoms with Crippen LogP contribution in [0.25, 0.3) is 5.57 Å². The standard InChI is InChI=1S/C22H22ClN3O2/c1-2-24-11-13-25(14-12-24)20-19(16-7-4-3-5-8-16)21(27)26(22(20)28)18-10-6-9-17(23)15-18/h3-10,15H,2,11-14H2,1H3. The molecule has 0 bridgehead atoms. The molecule has 2 aromatic carbocycles. The molecule has 0 aliphatic carbocycles. The van der Waals surface area contributed by atoms with Crippen molar-refractivity contribution in [3.63, 3.8) is 0 Å². The molecule has 0 saturated carbocycles. The van der Waals surface area contributed by atoms with E-state index in [0.717, 1.165) is 38.3 Å². The highest BCUT2D eigenvalue weighted by Crippen LogP contribution is 2.35. The Morgan fingerprint density at radius 2 is 1.61 bits per heavy atom. The monoisotopic (exact) mass is 395 g/mol. The van der Waals surface area contributed by atoms with Crippen LogP contribution in [0.4, 0.5) is 5.69 Å². The first kappa shape index (κ1) is 18.7. The molecule has 5 nitrogen and oxygen atoms in total. The molecular formula is C22H22ClN3O2. The normalized spacial score (nSPS) is 18.4. The summed E-state index contributed by atoms with van der Waals surface area (Å²) >= 11 is 6.11. The highest BCUT2D eigenvalue weighted by atomic mass is 35.5. The van der Waals surface area contributed by atoms with Gasteiger partial charge in [0.2, 0.25) is 0 Å². The van der Waals surface area contributed by atoms with Gasteiger partial charge in [-0.05, 0) is 30.3 Å². The number of hydrogen-bond acceptors (Lipinski definition) is 4. The topological polar surface area (TPSA) is 43.9 Å². The van der Waals surface area contributed by atoms with Gasteiger partial charge in [-0.3, -0.25) is 9.59 Å². The number of benzene rings is 2. The molecule has 2 heterocycles. The number of nitrogens with zero attached hydrogens (tertiary/aromatic N) is 3. The first-order valence-electron chi connectivity index (χ1n) is 9.51. The summed E-state index contributed by atoms with van der Waals surface area (Å²) in [5.74, 6) is -0.581. The Morgan fingerprint density at radius 3 is 2.25 bits per heavy atom. The van der Waals surface area contributed by atoms with Crippen LogP contribution in [0, 0.1) is 0 Å². The van der Waals surface area contributed by atoms with Gasteiger partial charge in [-0.25, -0.2) is 4.90 Å². The van der Waals surface area contributed by atoms with Crippen molar-refractivity contribution in [2.45, 2.75) is 6.92 Å². The van der Waals surface area contributed by atoms with E-state index in [2.05, 4.69) is 16.7 Å². The molecule has 2 amide bonds. The maximum absolute atomic E-state index is 13.4. The van der Waals surface area contributed by atoms with Gasteiger partial charge in [0.15, 0.2) is 0 Å². The minimum Gasteiger partial charge on any atom is -0.364 e. The van der Waals surface area contributed by atoms with Gasteiger partial charge in [0.05, 0.1) is 11.3 Å². The van der Waals surface area contributed by atoms with Crippen LogP contribution < -0.4 is 4.90 Å². The average Bonchev–Trinajstić information content (AvgIpc) is 2.99. The lowest BCUT2D eigenvalue weighted by molar-refractivity contribution is -0.120. The third-order valence-electron chi connectivity index (χ3n) is 5.32. The first-order valence-corrected chi connectivity index (χ1v) is 9.89. The number of anilines is 1. The minimum atomic E-state index is -0.300. The van der Waals surface area contributed by atoms with Gasteiger partial charge in [-0.2, -0.15) is 0 Å². The maximum Gasteiger partial charge on any atom is 0.282 e. The lowest BCUT2D eigenvalue weighted by Gasteiger charge is -2.36. The predicted octanol–water partition coefficient (Wildman–Crippen LogP) is 3.26. The van der Waals surface area contributed by atoms with Crippen molar-refractivity contribution in [3.8, 4) is 0 Å². The number of halogens is 1. The molecule has 144 valence electrons. The fraction of sp³-hybridized carbons (Fsp3) is 0.273. The van der Waals surface area contributed by atoms with E-state index < -0.39 is 0 Å². The Morgan fingerprint density at radius 1 is 0.893 bits per heavy atom. The average molecular weight is 396 g/mol. The lowest BCUT2D eigenvalue weighted by Crippen LogP contribution is -2.47. The molecule has 2 aromatic rings. The molecule has 28 heavy (non-hydrogen) atoms. The smallest absolute Gasteiger partial charge is 0.282 e. The van der Waals surface area contributed by atoms with Crippen molar-refractivity contribution < 1.29 is 9.59 Å². The summed E-state index contributed by atoms with van der Waals surface area (Å²) in [5, 5.41) is 0.490. The zero-order valence-electron chi connectivity index (χ0n) is 15.8. The summed E-state index contributed by atoms with van der Waals surface area (Å²) in [7, 11) is 0. The van der Waals surface area contributed by atoms with Crippen LogP contribution in [0.3, 0.4) is 0 Å². The maximum atomic E-state index is 13.4. The second kappa shape index (κ2) is 7.78. The Labute approximate surface area is 169 Å². The van der Waals surface area contributed by atoms with Crippen molar-refractivity contribution in [2.75, 3.05) is 37.6 Å². The van der Waals surface area contributed by atoms with E-state index in [4.69, 9.17) is 11.6 Å². The number of carbonyl (C=O) groups is 2. The number of piperazine rings is 1. The van der Waals surface area contributed by atoms with Crippen molar-refractivity contribution in [3.05, 3.63) is 70.9 Å². The molecule has 0 unspecified atom stereocenters. The number of carbonyl (C=O) groups excluding carboxylic acids is 2. The third-order valence-corrected chi connectivity index (χ3v) is 5.56. The summed E-state index contributed by atoms with van der Waals surface area (Å²) in [6, 6.07) is 16.3. The Bertz CT molecular complexity index is 934. The van der Waals surface area contributed by atoms with Crippen LogP contribution in [-0.4, -0.2) is 54.3 Å². The lowest BCUT2D eigenvalue weighted by atomic mass is 10.0. The highest BCUT2D eigenvalue weighted by Gasteiger charge is 2.42. The van der Waals surface area contributed by atoms with Crippen LogP contribution in [-0.2, 0) is 9.59 Å². The summed E-state index contributed by atoms with van der Waals surface area (Å²) < 4.78 is 0. The molecule has 4 rings (SSSR count). The second-order valence-corrected chi connectivity index (χ2v) is 7.37. The summed E-state index contributed by atoms with van der Waals surface area (Å²) in [4.78, 5) is 32.4. The van der Waals surface area contributed by atoms with Crippen molar-refractivity contribution >= 4 is 34.7 Å². The summed E-state index contributed by atoms with van der Waals surface area (Å²) in [5.41, 5.74) is 2.22. The van der Waals surface area contributed by atoms with Crippen LogP contribution >= 0.6 is 11.6 Å². The van der Waals surface area contributed by atoms with Crippen molar-refractivity contribution in [1.29, 1.82) is 0 Å². The van der Waals surface area contributed by atoms with Gasteiger partial charge < -0.3 is 9.80 Å². The summed E-state index contributed by atoms with van der Waals surface area (Å²) in [6.45, 7) is 6.32. The van der Waals surface area contributed by atoms with E-state index in [-0.39, 0.29) is 11.8 Å². The van der Waals surface area contributed by atoms with Gasteiger partial charge in [0.1, 0.15) is 5.70 Å². The van der Waals surface area contributed by atoms with Gasteiger partial charge in [-0.15, -0.1) is 0 Å². The number of imide groups is 1. The van der Waals surface area contributed by atoms with Gasteiger partial charge in [-0.1, -0.05) is 54.9 Å². The predicted molar refractivity (Wildman–Crippen MR) is 111 cm³/mol. The zero-order valence-corrected chi connectivity index (χ0v) is 16.5. The Kier molecular flexibility index (Phi) is 5.20. The molecule has 2 aliphatic rings. The molecular weight excluding hydrogens is 374 g/mol. The van der Waals surface area contributed by atoms with Crippen LogP contribution in [0.1, 0.15) is 12.5 Å². The number of likely N-dealkylation sites (N-methyl/N-ethyl adjacent to an activating group) is 1. The van der Waals surface area contributed by atoms with E-state index >= 15 is 0 Å². The summed E-state index contributed by atoms with van der Waals surface area (Å²) in [6.07, 6.45) is 0. The van der Waals surface area contributed by atoms with E-state index in [1.807, 2.05) is 30.3 Å². The first-order chi connectivity index (χ1) is 13.6. The zero-order chi connectivity index (χ0) is 19.7. The largest absolute Gasteiger partial charge is 0.364 e. The Balaban J connectivity index is 1.77. The fourth-order valence-electron chi connectivity index (χ4n) is 3.81. The van der Waals surface area contributed by atoms with Crippen molar-refractivity contribution in [1.82, 2.24) is 9.80 Å². The van der Waals surface area contributed by atoms with Crippen LogP contribution in [0.15, 0.2) is 60.3 Å². The van der Waals surface area contributed by atoms with Gasteiger partial charge in [0, 0.05) is 31.2 Å². The van der Waals surface area contributed by atoms with E-state index in [9.17, 15) is 9.59 Å². The highest BCUT2D eigenvalue weighted by molar-refractivity contribution is 6.45. The minimum absolute atomic E-state index is 0.281. The molecule has 0 radical (unpaired) electrons. The molecule has 6 heteroatoms. The number of rotatable bonds is 4. The van der Waals surface area contributed by atoms with Crippen molar-refractivity contribution in [2.24, 2.45) is 0 Å². The van der Waals surface area contributed by atoms with Gasteiger partial charge in [0.25, 0.3) is 11.8 Å². The number of hydrogen-bond donors (Lipinski definition) is 0. The quantitative estimate of drug-likeness (QED) is 0.745. The molecule has 0 spiro atoms. The van der Waals surface area contributed by atoms with E-state index in [1.54, 1.807) is 24.3 Å². The molecule has 1 saturated heterocycles. The van der Waals surface area contributed by atoms with E-state index in [1.165, 1.54) is 4.90 Å². The molecule has 0 atom stereocenters. The molecule has 1 fully saturated rings. The Hall–Kier alpha value is -2.63. The SMILES string of the molecule is CCN1CCN(C2=C(c3ccccc3)C(=O)N(c3cccc(Cl)c3)C2=O)CC1. The molecule has 2 aliphatic heterocycles. The van der Waals surface area contributed by atoms with Crippen LogP contribution in [0.2, 0.25) is 5.02 Å². The molecule has 0 aromatic heterocycles. The second-order valence-electron chi connectivity index (χ2n) is 6.94.